The van der Waals surface area contributed by atoms with Crippen molar-refractivity contribution in [2.24, 2.45) is 0 Å². The molecule has 5 heteroatoms. The molecular formula is C25H26N4O. The lowest BCUT2D eigenvalue weighted by atomic mass is 9.93. The molecule has 0 bridgehead atoms. The molecular weight excluding hydrogens is 372 g/mol. The van der Waals surface area contributed by atoms with Crippen LogP contribution in [0.5, 0.6) is 0 Å². The maximum absolute atomic E-state index is 13.3. The second kappa shape index (κ2) is 7.75. The van der Waals surface area contributed by atoms with E-state index in [9.17, 15) is 4.79 Å². The zero-order valence-electron chi connectivity index (χ0n) is 17.8. The number of fused-ring (bicyclic) bond motifs is 1. The Kier molecular flexibility index (Phi) is 5.12. The molecule has 1 amide bonds. The number of hydrogen-bond donors (Lipinski definition) is 1. The summed E-state index contributed by atoms with van der Waals surface area (Å²) in [6.07, 6.45) is 1.65. The van der Waals surface area contributed by atoms with Gasteiger partial charge in [-0.1, -0.05) is 81.4 Å². The molecule has 2 aromatic heterocycles. The standard InChI is InChI=1S/C25H26N4O/c1-17(18-11-7-5-8-12-18)27-24(30)20-16-26-22-15-21(25(2,3)4)28-29(22)23(20)19-13-9-6-10-14-19/h5-17H,1-4H3,(H,27,30)/t17-/m0/s1. The third-order valence-electron chi connectivity index (χ3n) is 5.19. The smallest absolute Gasteiger partial charge is 0.255 e. The largest absolute Gasteiger partial charge is 0.345 e. The molecule has 152 valence electrons. The van der Waals surface area contributed by atoms with E-state index in [1.165, 1.54) is 0 Å². The van der Waals surface area contributed by atoms with E-state index in [-0.39, 0.29) is 17.4 Å². The van der Waals surface area contributed by atoms with E-state index in [1.807, 2.05) is 73.7 Å². The number of benzene rings is 2. The van der Waals surface area contributed by atoms with Crippen molar-refractivity contribution >= 4 is 11.6 Å². The van der Waals surface area contributed by atoms with E-state index in [1.54, 1.807) is 10.7 Å². The van der Waals surface area contributed by atoms with Gasteiger partial charge in [0.25, 0.3) is 5.91 Å². The van der Waals surface area contributed by atoms with Gasteiger partial charge in [-0.25, -0.2) is 9.50 Å². The molecule has 0 aliphatic carbocycles. The van der Waals surface area contributed by atoms with Crippen molar-refractivity contribution in [2.75, 3.05) is 0 Å². The van der Waals surface area contributed by atoms with Crippen molar-refractivity contribution in [1.29, 1.82) is 0 Å². The van der Waals surface area contributed by atoms with Gasteiger partial charge in [-0.05, 0) is 12.5 Å². The first-order valence-electron chi connectivity index (χ1n) is 10.1. The molecule has 2 heterocycles. The highest BCUT2D eigenvalue weighted by atomic mass is 16.1. The number of hydrogen-bond acceptors (Lipinski definition) is 3. The quantitative estimate of drug-likeness (QED) is 0.515. The van der Waals surface area contributed by atoms with Crippen LogP contribution in [0.1, 0.15) is 55.4 Å². The summed E-state index contributed by atoms with van der Waals surface area (Å²) in [5, 5.41) is 7.92. The van der Waals surface area contributed by atoms with E-state index >= 15 is 0 Å². The second-order valence-corrected chi connectivity index (χ2v) is 8.54. The molecule has 2 aromatic carbocycles. The Balaban J connectivity index is 1.82. The van der Waals surface area contributed by atoms with Gasteiger partial charge in [-0.3, -0.25) is 4.79 Å². The van der Waals surface area contributed by atoms with Crippen molar-refractivity contribution in [1.82, 2.24) is 19.9 Å². The minimum atomic E-state index is -0.174. The van der Waals surface area contributed by atoms with Crippen LogP contribution in [-0.2, 0) is 5.41 Å². The summed E-state index contributed by atoms with van der Waals surface area (Å²) in [5.74, 6) is -0.174. The first kappa shape index (κ1) is 19.8. The Morgan fingerprint density at radius 2 is 1.63 bits per heavy atom. The van der Waals surface area contributed by atoms with Crippen LogP contribution < -0.4 is 5.32 Å². The third-order valence-corrected chi connectivity index (χ3v) is 5.19. The SMILES string of the molecule is C[C@H](NC(=O)c1cnc2cc(C(C)(C)C)nn2c1-c1ccccc1)c1ccccc1. The summed E-state index contributed by atoms with van der Waals surface area (Å²) in [4.78, 5) is 17.8. The lowest BCUT2D eigenvalue weighted by Gasteiger charge is -2.17. The van der Waals surface area contributed by atoms with Crippen molar-refractivity contribution in [3.63, 3.8) is 0 Å². The van der Waals surface area contributed by atoms with Gasteiger partial charge >= 0.3 is 0 Å². The fourth-order valence-corrected chi connectivity index (χ4v) is 3.44. The third kappa shape index (κ3) is 3.83. The minimum absolute atomic E-state index is 0.119. The van der Waals surface area contributed by atoms with Gasteiger partial charge in [0.1, 0.15) is 0 Å². The number of nitrogens with one attached hydrogen (secondary N) is 1. The number of rotatable bonds is 4. The molecule has 0 spiro atoms. The highest BCUT2D eigenvalue weighted by Gasteiger charge is 2.23. The Labute approximate surface area is 176 Å². The van der Waals surface area contributed by atoms with Gasteiger partial charge in [0.15, 0.2) is 5.65 Å². The monoisotopic (exact) mass is 398 g/mol. The van der Waals surface area contributed by atoms with Crippen LogP contribution >= 0.6 is 0 Å². The molecule has 4 rings (SSSR count). The van der Waals surface area contributed by atoms with E-state index in [0.717, 1.165) is 28.2 Å². The summed E-state index contributed by atoms with van der Waals surface area (Å²) in [6.45, 7) is 8.33. The zero-order valence-corrected chi connectivity index (χ0v) is 17.8. The summed E-state index contributed by atoms with van der Waals surface area (Å²) < 4.78 is 1.79. The summed E-state index contributed by atoms with van der Waals surface area (Å²) >= 11 is 0. The Bertz CT molecular complexity index is 1170. The lowest BCUT2D eigenvalue weighted by molar-refractivity contribution is 0.0939. The fourth-order valence-electron chi connectivity index (χ4n) is 3.44. The summed E-state index contributed by atoms with van der Waals surface area (Å²) in [7, 11) is 0. The lowest BCUT2D eigenvalue weighted by Crippen LogP contribution is -2.28. The molecule has 0 unspecified atom stereocenters. The first-order valence-corrected chi connectivity index (χ1v) is 10.1. The van der Waals surface area contributed by atoms with Crippen LogP contribution in [0, 0.1) is 0 Å². The molecule has 0 radical (unpaired) electrons. The number of amides is 1. The van der Waals surface area contributed by atoms with E-state index in [4.69, 9.17) is 5.10 Å². The van der Waals surface area contributed by atoms with Crippen LogP contribution in [0.25, 0.3) is 16.9 Å². The highest BCUT2D eigenvalue weighted by Crippen LogP contribution is 2.28. The summed E-state index contributed by atoms with van der Waals surface area (Å²) in [6, 6.07) is 21.7. The maximum atomic E-state index is 13.3. The molecule has 0 saturated carbocycles. The molecule has 1 N–H and O–H groups in total. The van der Waals surface area contributed by atoms with E-state index < -0.39 is 0 Å². The van der Waals surface area contributed by atoms with Gasteiger partial charge in [-0.2, -0.15) is 5.10 Å². The number of nitrogens with zero attached hydrogens (tertiary/aromatic N) is 3. The van der Waals surface area contributed by atoms with E-state index in [2.05, 4.69) is 31.1 Å². The van der Waals surface area contributed by atoms with Crippen LogP contribution in [-0.4, -0.2) is 20.5 Å². The number of carbonyl (C=O) groups is 1. The van der Waals surface area contributed by atoms with Crippen LogP contribution in [0.3, 0.4) is 0 Å². The van der Waals surface area contributed by atoms with Crippen molar-refractivity contribution in [3.05, 3.63) is 89.7 Å². The Morgan fingerprint density at radius 1 is 1.00 bits per heavy atom. The fraction of sp³-hybridized carbons (Fsp3) is 0.240. The van der Waals surface area contributed by atoms with Crippen LogP contribution in [0.15, 0.2) is 72.9 Å². The molecule has 5 nitrogen and oxygen atoms in total. The first-order chi connectivity index (χ1) is 14.3. The predicted octanol–water partition coefficient (Wildman–Crippen LogP) is 5.18. The maximum Gasteiger partial charge on any atom is 0.255 e. The number of aromatic nitrogens is 3. The average Bonchev–Trinajstić information content (AvgIpc) is 3.19. The molecule has 1 atom stereocenters. The molecule has 4 aromatic rings. The second-order valence-electron chi connectivity index (χ2n) is 8.54. The average molecular weight is 399 g/mol. The Morgan fingerprint density at radius 3 is 2.27 bits per heavy atom. The van der Waals surface area contributed by atoms with E-state index in [0.29, 0.717) is 5.56 Å². The molecule has 0 aliphatic rings. The molecule has 30 heavy (non-hydrogen) atoms. The number of carbonyl (C=O) groups excluding carboxylic acids is 1. The normalized spacial score (nSPS) is 12.7. The molecule has 0 fully saturated rings. The summed E-state index contributed by atoms with van der Waals surface area (Å²) in [5.41, 5.74) is 4.76. The van der Waals surface area contributed by atoms with Gasteiger partial charge in [0.05, 0.1) is 23.0 Å². The van der Waals surface area contributed by atoms with Crippen molar-refractivity contribution < 1.29 is 4.79 Å². The highest BCUT2D eigenvalue weighted by molar-refractivity contribution is 6.00. The van der Waals surface area contributed by atoms with Gasteiger partial charge in [-0.15, -0.1) is 0 Å². The van der Waals surface area contributed by atoms with Gasteiger partial charge in [0.2, 0.25) is 0 Å². The van der Waals surface area contributed by atoms with Gasteiger partial charge < -0.3 is 5.32 Å². The predicted molar refractivity (Wildman–Crippen MR) is 119 cm³/mol. The topological polar surface area (TPSA) is 59.3 Å². The van der Waals surface area contributed by atoms with Crippen LogP contribution in [0.2, 0.25) is 0 Å². The zero-order chi connectivity index (χ0) is 21.3. The van der Waals surface area contributed by atoms with Crippen LogP contribution in [0.4, 0.5) is 0 Å². The van der Waals surface area contributed by atoms with Gasteiger partial charge in [0, 0.05) is 23.2 Å². The minimum Gasteiger partial charge on any atom is -0.345 e. The molecule has 0 aliphatic heterocycles. The van der Waals surface area contributed by atoms with Crippen molar-refractivity contribution in [2.45, 2.75) is 39.2 Å². The molecule has 0 saturated heterocycles. The van der Waals surface area contributed by atoms with Crippen molar-refractivity contribution in [3.8, 4) is 11.3 Å². The Hall–Kier alpha value is -3.47.